The van der Waals surface area contributed by atoms with Crippen LogP contribution in [0.2, 0.25) is 0 Å². The largest absolute Gasteiger partial charge is 0.355 e. The predicted molar refractivity (Wildman–Crippen MR) is 77.9 cm³/mol. The Morgan fingerprint density at radius 3 is 2.37 bits per heavy atom. The van der Waals surface area contributed by atoms with Gasteiger partial charge in [0.15, 0.2) is 0 Å². The Kier molecular flexibility index (Phi) is 7.01. The maximum absolute atomic E-state index is 12.9. The van der Waals surface area contributed by atoms with Gasteiger partial charge >= 0.3 is 0 Å². The predicted octanol–water partition coefficient (Wildman–Crippen LogP) is 2.24. The first kappa shape index (κ1) is 17.9. The van der Waals surface area contributed by atoms with E-state index in [1.54, 1.807) is 19.1 Å². The van der Waals surface area contributed by atoms with E-state index in [9.17, 15) is 9.18 Å². The Morgan fingerprint density at radius 1 is 1.37 bits per heavy atom. The fourth-order valence-corrected chi connectivity index (χ4v) is 1.59. The van der Waals surface area contributed by atoms with Crippen LogP contribution in [0.1, 0.15) is 26.3 Å². The molecule has 0 bridgehead atoms. The SMILES string of the molecule is CC(CN)C(=O)NCC(C)(C)c1ccc(F)cc1.Cl. The normalized spacial score (nSPS) is 12.5. The molecule has 0 heterocycles. The molecule has 108 valence electrons. The number of carbonyl (C=O) groups excluding carboxylic acids is 1. The second-order valence-corrected chi connectivity index (χ2v) is 5.25. The molecule has 0 fully saturated rings. The number of hydrogen-bond donors (Lipinski definition) is 2. The summed E-state index contributed by atoms with van der Waals surface area (Å²) in [6, 6.07) is 6.35. The molecular formula is C14H22ClFN2O. The first-order valence-corrected chi connectivity index (χ1v) is 6.10. The van der Waals surface area contributed by atoms with Crippen LogP contribution in [0.25, 0.3) is 0 Å². The van der Waals surface area contributed by atoms with Crippen LogP contribution in [0.3, 0.4) is 0 Å². The molecule has 0 saturated heterocycles. The number of nitrogens with two attached hydrogens (primary N) is 1. The van der Waals surface area contributed by atoms with Gasteiger partial charge in [0.25, 0.3) is 0 Å². The Balaban J connectivity index is 0.00000324. The van der Waals surface area contributed by atoms with Crippen molar-refractivity contribution < 1.29 is 9.18 Å². The maximum Gasteiger partial charge on any atom is 0.224 e. The molecule has 0 spiro atoms. The molecule has 3 nitrogen and oxygen atoms in total. The monoisotopic (exact) mass is 288 g/mol. The number of hydrogen-bond acceptors (Lipinski definition) is 2. The Hall–Kier alpha value is -1.13. The molecule has 1 aromatic rings. The quantitative estimate of drug-likeness (QED) is 0.873. The second kappa shape index (κ2) is 7.46. The van der Waals surface area contributed by atoms with Crippen LogP contribution in [0.5, 0.6) is 0 Å². The third-order valence-electron chi connectivity index (χ3n) is 3.13. The minimum Gasteiger partial charge on any atom is -0.355 e. The van der Waals surface area contributed by atoms with Crippen molar-refractivity contribution in [3.63, 3.8) is 0 Å². The van der Waals surface area contributed by atoms with Gasteiger partial charge in [-0.2, -0.15) is 0 Å². The van der Waals surface area contributed by atoms with E-state index in [2.05, 4.69) is 5.32 Å². The third kappa shape index (κ3) is 5.17. The summed E-state index contributed by atoms with van der Waals surface area (Å²) >= 11 is 0. The number of carbonyl (C=O) groups is 1. The van der Waals surface area contributed by atoms with Crippen molar-refractivity contribution in [2.24, 2.45) is 11.7 Å². The first-order valence-electron chi connectivity index (χ1n) is 6.10. The summed E-state index contributed by atoms with van der Waals surface area (Å²) in [5.74, 6) is -0.489. The van der Waals surface area contributed by atoms with Crippen molar-refractivity contribution in [3.8, 4) is 0 Å². The summed E-state index contributed by atoms with van der Waals surface area (Å²) in [5, 5.41) is 2.87. The van der Waals surface area contributed by atoms with E-state index in [1.807, 2.05) is 13.8 Å². The van der Waals surface area contributed by atoms with E-state index >= 15 is 0 Å². The average molecular weight is 289 g/mol. The zero-order valence-electron chi connectivity index (χ0n) is 11.6. The minimum atomic E-state index is -0.254. The molecule has 19 heavy (non-hydrogen) atoms. The van der Waals surface area contributed by atoms with Crippen LogP contribution in [0.15, 0.2) is 24.3 Å². The number of nitrogens with one attached hydrogen (secondary N) is 1. The Bertz CT molecular complexity index is 406. The minimum absolute atomic E-state index is 0. The van der Waals surface area contributed by atoms with Crippen molar-refractivity contribution in [2.75, 3.05) is 13.1 Å². The topological polar surface area (TPSA) is 55.1 Å². The molecule has 0 saturated carbocycles. The summed E-state index contributed by atoms with van der Waals surface area (Å²) in [6.45, 7) is 6.64. The van der Waals surface area contributed by atoms with E-state index in [1.165, 1.54) is 12.1 Å². The van der Waals surface area contributed by atoms with Crippen LogP contribution in [-0.2, 0) is 10.2 Å². The van der Waals surface area contributed by atoms with Gasteiger partial charge in [0.1, 0.15) is 5.82 Å². The van der Waals surface area contributed by atoms with Gasteiger partial charge in [-0.05, 0) is 17.7 Å². The molecule has 1 aromatic carbocycles. The number of amides is 1. The zero-order chi connectivity index (χ0) is 13.8. The van der Waals surface area contributed by atoms with E-state index < -0.39 is 0 Å². The number of rotatable bonds is 5. The molecule has 1 amide bonds. The molecule has 0 radical (unpaired) electrons. The van der Waals surface area contributed by atoms with Crippen LogP contribution in [0.4, 0.5) is 4.39 Å². The van der Waals surface area contributed by atoms with Gasteiger partial charge in [-0.3, -0.25) is 4.79 Å². The summed E-state index contributed by atoms with van der Waals surface area (Å²) < 4.78 is 12.9. The van der Waals surface area contributed by atoms with Crippen molar-refractivity contribution >= 4 is 18.3 Å². The highest BCUT2D eigenvalue weighted by atomic mass is 35.5. The Labute approximate surface area is 120 Å². The highest BCUT2D eigenvalue weighted by Crippen LogP contribution is 2.22. The van der Waals surface area contributed by atoms with E-state index in [4.69, 9.17) is 5.73 Å². The van der Waals surface area contributed by atoms with E-state index in [-0.39, 0.29) is 35.5 Å². The molecule has 0 aromatic heterocycles. The number of halogens is 2. The standard InChI is InChI=1S/C14H21FN2O.ClH/c1-10(8-16)13(18)17-9-14(2,3)11-4-6-12(15)7-5-11;/h4-7,10H,8-9,16H2,1-3H3,(H,17,18);1H. The lowest BCUT2D eigenvalue weighted by Gasteiger charge is -2.26. The molecule has 0 aliphatic carbocycles. The lowest BCUT2D eigenvalue weighted by atomic mass is 9.84. The molecule has 0 aliphatic heterocycles. The summed E-state index contributed by atoms with van der Waals surface area (Å²) in [6.07, 6.45) is 0. The molecule has 1 unspecified atom stereocenters. The van der Waals surface area contributed by atoms with Gasteiger partial charge in [0.05, 0.1) is 0 Å². The molecule has 1 rings (SSSR count). The van der Waals surface area contributed by atoms with Crippen molar-refractivity contribution in [1.82, 2.24) is 5.32 Å². The van der Waals surface area contributed by atoms with Gasteiger partial charge in [0.2, 0.25) is 5.91 Å². The van der Waals surface area contributed by atoms with Crippen LogP contribution < -0.4 is 11.1 Å². The summed E-state index contributed by atoms with van der Waals surface area (Å²) in [5.41, 5.74) is 6.19. The summed E-state index contributed by atoms with van der Waals surface area (Å²) in [7, 11) is 0. The first-order chi connectivity index (χ1) is 8.36. The van der Waals surface area contributed by atoms with Crippen molar-refractivity contribution in [1.29, 1.82) is 0 Å². The van der Waals surface area contributed by atoms with Crippen molar-refractivity contribution in [2.45, 2.75) is 26.2 Å². The average Bonchev–Trinajstić information content (AvgIpc) is 2.35. The number of benzene rings is 1. The lowest BCUT2D eigenvalue weighted by Crippen LogP contribution is -2.40. The smallest absolute Gasteiger partial charge is 0.224 e. The van der Waals surface area contributed by atoms with Crippen molar-refractivity contribution in [3.05, 3.63) is 35.6 Å². The van der Waals surface area contributed by atoms with Gasteiger partial charge in [-0.25, -0.2) is 4.39 Å². The molecular weight excluding hydrogens is 267 g/mol. The van der Waals surface area contributed by atoms with Gasteiger partial charge < -0.3 is 11.1 Å². The maximum atomic E-state index is 12.9. The van der Waals surface area contributed by atoms with Gasteiger partial charge in [0, 0.05) is 24.4 Å². The van der Waals surface area contributed by atoms with Gasteiger partial charge in [-0.1, -0.05) is 32.9 Å². The second-order valence-electron chi connectivity index (χ2n) is 5.25. The fourth-order valence-electron chi connectivity index (χ4n) is 1.59. The Morgan fingerprint density at radius 2 is 1.89 bits per heavy atom. The highest BCUT2D eigenvalue weighted by molar-refractivity contribution is 5.85. The molecule has 0 aliphatic rings. The van der Waals surface area contributed by atoms with Crippen LogP contribution >= 0.6 is 12.4 Å². The lowest BCUT2D eigenvalue weighted by molar-refractivity contribution is -0.124. The molecule has 5 heteroatoms. The van der Waals surface area contributed by atoms with Crippen LogP contribution in [0, 0.1) is 11.7 Å². The molecule has 3 N–H and O–H groups in total. The zero-order valence-corrected chi connectivity index (χ0v) is 12.4. The molecule has 1 atom stereocenters. The van der Waals surface area contributed by atoms with E-state index in [0.29, 0.717) is 13.1 Å². The fraction of sp³-hybridized carbons (Fsp3) is 0.500. The van der Waals surface area contributed by atoms with Gasteiger partial charge in [-0.15, -0.1) is 12.4 Å². The highest BCUT2D eigenvalue weighted by Gasteiger charge is 2.22. The summed E-state index contributed by atoms with van der Waals surface area (Å²) in [4.78, 5) is 11.7. The van der Waals surface area contributed by atoms with Crippen LogP contribution in [-0.4, -0.2) is 19.0 Å². The third-order valence-corrected chi connectivity index (χ3v) is 3.13. The van der Waals surface area contributed by atoms with E-state index in [0.717, 1.165) is 5.56 Å².